The molecule has 0 spiro atoms. The van der Waals surface area contributed by atoms with Gasteiger partial charge < -0.3 is 5.32 Å². The van der Waals surface area contributed by atoms with E-state index in [4.69, 9.17) is 0 Å². The van der Waals surface area contributed by atoms with Crippen molar-refractivity contribution < 1.29 is 9.59 Å². The summed E-state index contributed by atoms with van der Waals surface area (Å²) in [6.45, 7) is 1.89. The van der Waals surface area contributed by atoms with Crippen molar-refractivity contribution in [2.45, 2.75) is 19.4 Å². The fourth-order valence-corrected chi connectivity index (χ4v) is 1.76. The van der Waals surface area contributed by atoms with Gasteiger partial charge in [-0.1, -0.05) is 6.92 Å². The number of amides is 2. The second-order valence-corrected chi connectivity index (χ2v) is 3.50. The molecule has 1 aromatic heterocycles. The fraction of sp³-hybridized carbons (Fsp3) is 0.400. The number of hydrogen-bond donors (Lipinski definition) is 1. The molecule has 1 unspecified atom stereocenters. The number of piperazine rings is 1. The molecule has 1 aliphatic rings. The minimum Gasteiger partial charge on any atom is -0.345 e. The lowest BCUT2D eigenvalue weighted by atomic mass is 10.1. The molecule has 6 heteroatoms. The summed E-state index contributed by atoms with van der Waals surface area (Å²) < 4.78 is 0. The van der Waals surface area contributed by atoms with Crippen LogP contribution in [0.3, 0.4) is 0 Å². The highest BCUT2D eigenvalue weighted by Gasteiger charge is 2.34. The molecule has 16 heavy (non-hydrogen) atoms. The molecule has 1 N–H and O–H groups in total. The van der Waals surface area contributed by atoms with Gasteiger partial charge in [0.1, 0.15) is 12.4 Å². The van der Waals surface area contributed by atoms with Gasteiger partial charge in [-0.3, -0.25) is 14.5 Å². The largest absolute Gasteiger partial charge is 0.345 e. The van der Waals surface area contributed by atoms with E-state index in [9.17, 15) is 9.59 Å². The molecule has 0 radical (unpaired) electrons. The monoisotopic (exact) mass is 220 g/mol. The van der Waals surface area contributed by atoms with Crippen LogP contribution < -0.4 is 10.2 Å². The first kappa shape index (κ1) is 10.5. The van der Waals surface area contributed by atoms with Gasteiger partial charge in [0.15, 0.2) is 0 Å². The summed E-state index contributed by atoms with van der Waals surface area (Å²) in [5.74, 6) is -0.271. The maximum Gasteiger partial charge on any atom is 0.247 e. The molecular formula is C10H12N4O2. The number of aromatic nitrogens is 2. The molecule has 0 aromatic carbocycles. The minimum atomic E-state index is -0.466. The van der Waals surface area contributed by atoms with Gasteiger partial charge in [0.05, 0.1) is 24.6 Å². The summed E-state index contributed by atoms with van der Waals surface area (Å²) in [5, 5.41) is 2.56. The molecule has 1 aliphatic heterocycles. The third-order valence-electron chi connectivity index (χ3n) is 2.51. The van der Waals surface area contributed by atoms with E-state index >= 15 is 0 Å². The van der Waals surface area contributed by atoms with Crippen LogP contribution in [0.2, 0.25) is 0 Å². The highest BCUT2D eigenvalue weighted by Crippen LogP contribution is 2.18. The maximum absolute atomic E-state index is 11.8. The van der Waals surface area contributed by atoms with Crippen molar-refractivity contribution in [2.75, 3.05) is 11.4 Å². The molecule has 84 valence electrons. The normalized spacial score (nSPS) is 20.8. The van der Waals surface area contributed by atoms with Crippen molar-refractivity contribution >= 4 is 17.5 Å². The molecule has 0 aliphatic carbocycles. The molecule has 6 nitrogen and oxygen atoms in total. The molecule has 1 aromatic rings. The number of nitrogens with one attached hydrogen (secondary N) is 1. The smallest absolute Gasteiger partial charge is 0.247 e. The van der Waals surface area contributed by atoms with Crippen LogP contribution in [0.25, 0.3) is 0 Å². The van der Waals surface area contributed by atoms with E-state index in [1.807, 2.05) is 6.92 Å². The zero-order valence-corrected chi connectivity index (χ0v) is 8.88. The summed E-state index contributed by atoms with van der Waals surface area (Å²) in [4.78, 5) is 32.5. The first-order valence-corrected chi connectivity index (χ1v) is 5.08. The van der Waals surface area contributed by atoms with E-state index in [1.165, 1.54) is 23.6 Å². The van der Waals surface area contributed by atoms with Gasteiger partial charge in [-0.2, -0.15) is 0 Å². The quantitative estimate of drug-likeness (QED) is 0.743. The van der Waals surface area contributed by atoms with E-state index in [2.05, 4.69) is 15.3 Å². The molecule has 0 saturated carbocycles. The lowest BCUT2D eigenvalue weighted by Crippen LogP contribution is -2.58. The molecule has 1 saturated heterocycles. The van der Waals surface area contributed by atoms with E-state index < -0.39 is 6.04 Å². The summed E-state index contributed by atoms with van der Waals surface area (Å²) in [5.41, 5.74) is 0.564. The Bertz CT molecular complexity index is 407. The van der Waals surface area contributed by atoms with Crippen LogP contribution in [0.1, 0.15) is 13.3 Å². The van der Waals surface area contributed by atoms with E-state index in [0.29, 0.717) is 12.1 Å². The second-order valence-electron chi connectivity index (χ2n) is 3.50. The van der Waals surface area contributed by atoms with Gasteiger partial charge in [-0.25, -0.2) is 9.97 Å². The van der Waals surface area contributed by atoms with Crippen molar-refractivity contribution in [2.24, 2.45) is 0 Å². The van der Waals surface area contributed by atoms with Crippen molar-refractivity contribution in [3.63, 3.8) is 0 Å². The number of hydrogen-bond acceptors (Lipinski definition) is 4. The van der Waals surface area contributed by atoms with E-state index in [0.717, 1.165) is 0 Å². The standard InChI is InChI=1S/C10H12N4O2/c1-2-8-10(16)13-5-9(15)14(8)7-3-11-6-12-4-7/h3-4,6,8H,2,5H2,1H3,(H,13,16). The second kappa shape index (κ2) is 4.26. The third kappa shape index (κ3) is 1.73. The van der Waals surface area contributed by atoms with Gasteiger partial charge in [-0.05, 0) is 6.42 Å². The van der Waals surface area contributed by atoms with Crippen LogP contribution in [0, 0.1) is 0 Å². The first-order chi connectivity index (χ1) is 7.74. The maximum atomic E-state index is 11.8. The highest BCUT2D eigenvalue weighted by atomic mass is 16.2. The lowest BCUT2D eigenvalue weighted by molar-refractivity contribution is -0.131. The Morgan fingerprint density at radius 2 is 2.12 bits per heavy atom. The molecule has 1 atom stereocenters. The van der Waals surface area contributed by atoms with Gasteiger partial charge in [0, 0.05) is 0 Å². The van der Waals surface area contributed by atoms with Gasteiger partial charge in [-0.15, -0.1) is 0 Å². The Hall–Kier alpha value is -1.98. The summed E-state index contributed by atoms with van der Waals surface area (Å²) >= 11 is 0. The van der Waals surface area contributed by atoms with Crippen molar-refractivity contribution in [3.05, 3.63) is 18.7 Å². The number of carbonyl (C=O) groups is 2. The van der Waals surface area contributed by atoms with Crippen LogP contribution in [0.4, 0.5) is 5.69 Å². The van der Waals surface area contributed by atoms with Gasteiger partial charge in [0.2, 0.25) is 11.8 Å². The third-order valence-corrected chi connectivity index (χ3v) is 2.51. The van der Waals surface area contributed by atoms with Crippen molar-refractivity contribution in [3.8, 4) is 0 Å². The molecule has 2 heterocycles. The highest BCUT2D eigenvalue weighted by molar-refractivity contribution is 6.06. The lowest BCUT2D eigenvalue weighted by Gasteiger charge is -2.33. The number of anilines is 1. The molecule has 1 fully saturated rings. The summed E-state index contributed by atoms with van der Waals surface area (Å²) in [6.07, 6.45) is 5.02. The Balaban J connectivity index is 2.35. The zero-order chi connectivity index (χ0) is 11.5. The predicted molar refractivity (Wildman–Crippen MR) is 56.6 cm³/mol. The van der Waals surface area contributed by atoms with Crippen LogP contribution in [0.15, 0.2) is 18.7 Å². The average Bonchev–Trinajstić information content (AvgIpc) is 2.33. The Kier molecular flexibility index (Phi) is 2.80. The molecule has 2 amide bonds. The molecule has 0 bridgehead atoms. The SMILES string of the molecule is CCC1C(=O)NCC(=O)N1c1cncnc1. The van der Waals surface area contributed by atoms with E-state index in [1.54, 1.807) is 0 Å². The summed E-state index contributed by atoms with van der Waals surface area (Å²) in [6, 6.07) is -0.466. The van der Waals surface area contributed by atoms with Gasteiger partial charge in [0.25, 0.3) is 0 Å². The molecular weight excluding hydrogens is 208 g/mol. The topological polar surface area (TPSA) is 75.2 Å². The van der Waals surface area contributed by atoms with Gasteiger partial charge >= 0.3 is 0 Å². The average molecular weight is 220 g/mol. The zero-order valence-electron chi connectivity index (χ0n) is 8.88. The fourth-order valence-electron chi connectivity index (χ4n) is 1.76. The Labute approximate surface area is 92.7 Å². The Morgan fingerprint density at radius 1 is 1.44 bits per heavy atom. The number of nitrogens with zero attached hydrogens (tertiary/aromatic N) is 3. The predicted octanol–water partition coefficient (Wildman–Crippen LogP) is -0.282. The number of rotatable bonds is 2. The van der Waals surface area contributed by atoms with Crippen LogP contribution in [-0.2, 0) is 9.59 Å². The molecule has 2 rings (SSSR count). The Morgan fingerprint density at radius 3 is 2.75 bits per heavy atom. The van der Waals surface area contributed by atoms with Crippen LogP contribution in [0.5, 0.6) is 0 Å². The van der Waals surface area contributed by atoms with Crippen LogP contribution in [-0.4, -0.2) is 34.4 Å². The van der Waals surface area contributed by atoms with E-state index in [-0.39, 0.29) is 18.4 Å². The number of carbonyl (C=O) groups excluding carboxylic acids is 2. The van der Waals surface area contributed by atoms with Crippen LogP contribution >= 0.6 is 0 Å². The van der Waals surface area contributed by atoms with Crippen molar-refractivity contribution in [1.29, 1.82) is 0 Å². The van der Waals surface area contributed by atoms with Crippen molar-refractivity contribution in [1.82, 2.24) is 15.3 Å². The minimum absolute atomic E-state index is 0.0320. The summed E-state index contributed by atoms with van der Waals surface area (Å²) in [7, 11) is 0. The first-order valence-electron chi connectivity index (χ1n) is 5.08.